The van der Waals surface area contributed by atoms with Crippen molar-refractivity contribution in [3.63, 3.8) is 0 Å². The number of hydrogen-bond donors (Lipinski definition) is 2. The molecule has 0 aromatic rings. The van der Waals surface area contributed by atoms with E-state index in [1.54, 1.807) is 0 Å². The summed E-state index contributed by atoms with van der Waals surface area (Å²) in [6.45, 7) is 11.7. The van der Waals surface area contributed by atoms with Crippen LogP contribution in [0.5, 0.6) is 0 Å². The van der Waals surface area contributed by atoms with E-state index in [-0.39, 0.29) is 5.04 Å². The Morgan fingerprint density at radius 1 is 1.44 bits per heavy atom. The number of nitrogens with zero attached hydrogens (tertiary/aromatic N) is 1. The summed E-state index contributed by atoms with van der Waals surface area (Å²) in [5.41, 5.74) is 0. The van der Waals surface area contributed by atoms with Gasteiger partial charge in [-0.25, -0.2) is 9.86 Å². The van der Waals surface area contributed by atoms with Gasteiger partial charge in [0.25, 0.3) is 0 Å². The van der Waals surface area contributed by atoms with Crippen molar-refractivity contribution in [1.29, 1.82) is 0 Å². The minimum absolute atomic E-state index is 0.171. The highest BCUT2D eigenvalue weighted by molar-refractivity contribution is 6.74. The van der Waals surface area contributed by atoms with Crippen LogP contribution in [-0.2, 0) is 4.43 Å². The first-order valence-electron chi connectivity index (χ1n) is 5.42. The number of nitrogens with one attached hydrogen (secondary N) is 1. The molecule has 0 heterocycles. The van der Waals surface area contributed by atoms with Crippen molar-refractivity contribution in [3.05, 3.63) is 0 Å². The molecule has 0 spiro atoms. The Kier molecular flexibility index (Phi) is 5.44. The minimum Gasteiger partial charge on any atom is -0.415 e. The fraction of sp³-hybridized carbons (Fsp3) is 0.900. The summed E-state index contributed by atoms with van der Waals surface area (Å²) in [4.78, 5) is 11.0. The summed E-state index contributed by atoms with van der Waals surface area (Å²) in [5.74, 6) is 0. The molecule has 0 saturated carbocycles. The molecular weight excluding hydrogens is 224 g/mol. The zero-order valence-corrected chi connectivity index (χ0v) is 12.1. The number of carbonyl (C=O) groups is 1. The SMILES string of the molecule is CN(O)C(=O)NCCO[Si](C)(C)C(C)(C)C. The van der Waals surface area contributed by atoms with Crippen LogP contribution in [0, 0.1) is 0 Å². The molecule has 0 fully saturated rings. The zero-order valence-electron chi connectivity index (χ0n) is 11.1. The summed E-state index contributed by atoms with van der Waals surface area (Å²) in [5, 5.41) is 12.0. The molecule has 0 aromatic heterocycles. The van der Waals surface area contributed by atoms with Crippen molar-refractivity contribution in [2.24, 2.45) is 0 Å². The molecule has 2 N–H and O–H groups in total. The first kappa shape index (κ1) is 15.4. The van der Waals surface area contributed by atoms with Crippen LogP contribution in [0.15, 0.2) is 0 Å². The second kappa shape index (κ2) is 5.65. The maximum Gasteiger partial charge on any atom is 0.340 e. The molecule has 0 aliphatic heterocycles. The van der Waals surface area contributed by atoms with Crippen LogP contribution < -0.4 is 5.32 Å². The monoisotopic (exact) mass is 248 g/mol. The Balaban J connectivity index is 3.88. The molecule has 6 heteroatoms. The van der Waals surface area contributed by atoms with E-state index in [4.69, 9.17) is 9.63 Å². The van der Waals surface area contributed by atoms with E-state index >= 15 is 0 Å². The highest BCUT2D eigenvalue weighted by Crippen LogP contribution is 2.36. The van der Waals surface area contributed by atoms with E-state index in [0.29, 0.717) is 18.2 Å². The van der Waals surface area contributed by atoms with E-state index in [1.807, 2.05) is 0 Å². The lowest BCUT2D eigenvalue weighted by Crippen LogP contribution is -2.43. The maximum absolute atomic E-state index is 11.0. The molecule has 0 unspecified atom stereocenters. The van der Waals surface area contributed by atoms with Crippen LogP contribution in [0.1, 0.15) is 20.8 Å². The molecule has 0 aliphatic carbocycles. The van der Waals surface area contributed by atoms with Gasteiger partial charge < -0.3 is 9.74 Å². The largest absolute Gasteiger partial charge is 0.415 e. The number of hydrogen-bond acceptors (Lipinski definition) is 3. The highest BCUT2D eigenvalue weighted by atomic mass is 28.4. The summed E-state index contributed by atoms with van der Waals surface area (Å²) in [6, 6.07) is -0.515. The van der Waals surface area contributed by atoms with Gasteiger partial charge in [-0.3, -0.25) is 5.21 Å². The second-order valence-electron chi connectivity index (χ2n) is 5.36. The lowest BCUT2D eigenvalue weighted by Gasteiger charge is -2.36. The third-order valence-corrected chi connectivity index (χ3v) is 7.48. The first-order valence-corrected chi connectivity index (χ1v) is 8.33. The molecular formula is C10H24N2O3Si. The number of hydroxylamine groups is 2. The van der Waals surface area contributed by atoms with E-state index in [1.165, 1.54) is 7.05 Å². The average Bonchev–Trinajstić information content (AvgIpc) is 2.09. The van der Waals surface area contributed by atoms with Crippen molar-refractivity contribution in [1.82, 2.24) is 10.4 Å². The van der Waals surface area contributed by atoms with Crippen LogP contribution in [0.4, 0.5) is 4.79 Å². The van der Waals surface area contributed by atoms with Crippen LogP contribution >= 0.6 is 0 Å². The maximum atomic E-state index is 11.0. The molecule has 0 saturated heterocycles. The van der Waals surface area contributed by atoms with Gasteiger partial charge in [0, 0.05) is 13.6 Å². The van der Waals surface area contributed by atoms with E-state index < -0.39 is 14.3 Å². The molecule has 2 amide bonds. The van der Waals surface area contributed by atoms with Gasteiger partial charge in [-0.1, -0.05) is 20.8 Å². The van der Waals surface area contributed by atoms with Gasteiger partial charge in [-0.05, 0) is 18.1 Å². The molecule has 16 heavy (non-hydrogen) atoms. The molecule has 0 aromatic carbocycles. The minimum atomic E-state index is -1.73. The predicted molar refractivity (Wildman–Crippen MR) is 66.1 cm³/mol. The van der Waals surface area contributed by atoms with Crippen molar-refractivity contribution < 1.29 is 14.4 Å². The van der Waals surface area contributed by atoms with Gasteiger partial charge in [0.15, 0.2) is 8.32 Å². The third kappa shape index (κ3) is 4.96. The Morgan fingerprint density at radius 3 is 2.31 bits per heavy atom. The molecule has 0 radical (unpaired) electrons. The van der Waals surface area contributed by atoms with Gasteiger partial charge in [-0.15, -0.1) is 0 Å². The highest BCUT2D eigenvalue weighted by Gasteiger charge is 2.36. The van der Waals surface area contributed by atoms with Crippen molar-refractivity contribution >= 4 is 14.3 Å². The van der Waals surface area contributed by atoms with Crippen LogP contribution in [-0.4, -0.2) is 44.8 Å². The number of urea groups is 1. The zero-order chi connectivity index (χ0) is 13.0. The summed E-state index contributed by atoms with van der Waals surface area (Å²) >= 11 is 0. The van der Waals surface area contributed by atoms with Gasteiger partial charge in [0.05, 0.1) is 6.61 Å². The summed E-state index contributed by atoms with van der Waals surface area (Å²) < 4.78 is 5.85. The van der Waals surface area contributed by atoms with Crippen molar-refractivity contribution in [2.45, 2.75) is 38.9 Å². The molecule has 0 aliphatic rings. The topological polar surface area (TPSA) is 61.8 Å². The normalized spacial score (nSPS) is 12.4. The molecule has 96 valence electrons. The van der Waals surface area contributed by atoms with E-state index in [2.05, 4.69) is 39.2 Å². The summed E-state index contributed by atoms with van der Waals surface area (Å²) in [7, 11) is -0.450. The number of amides is 2. The number of carbonyl (C=O) groups excluding carboxylic acids is 1. The fourth-order valence-corrected chi connectivity index (χ4v) is 1.84. The fourth-order valence-electron chi connectivity index (χ4n) is 0.795. The van der Waals surface area contributed by atoms with Crippen LogP contribution in [0.2, 0.25) is 18.1 Å². The smallest absolute Gasteiger partial charge is 0.340 e. The lowest BCUT2D eigenvalue weighted by molar-refractivity contribution is -0.0184. The first-order chi connectivity index (χ1) is 7.08. The molecule has 0 bridgehead atoms. The van der Waals surface area contributed by atoms with E-state index in [0.717, 1.165) is 0 Å². The van der Waals surface area contributed by atoms with Gasteiger partial charge in [0.2, 0.25) is 0 Å². The molecule has 0 atom stereocenters. The quantitative estimate of drug-likeness (QED) is 0.346. The lowest BCUT2D eigenvalue weighted by atomic mass is 10.2. The predicted octanol–water partition coefficient (Wildman–Crippen LogP) is 2.04. The Hall–Kier alpha value is -0.593. The van der Waals surface area contributed by atoms with Gasteiger partial charge >= 0.3 is 6.03 Å². The van der Waals surface area contributed by atoms with Crippen molar-refractivity contribution in [3.8, 4) is 0 Å². The van der Waals surface area contributed by atoms with E-state index in [9.17, 15) is 4.79 Å². The summed E-state index contributed by atoms with van der Waals surface area (Å²) in [6.07, 6.45) is 0. The standard InChI is InChI=1S/C10H24N2O3Si/c1-10(2,3)16(5,6)15-8-7-11-9(13)12(4)14/h14H,7-8H2,1-6H3,(H,11,13). The van der Waals surface area contributed by atoms with Crippen LogP contribution in [0.25, 0.3) is 0 Å². The second-order valence-corrected chi connectivity index (χ2v) is 10.2. The van der Waals surface area contributed by atoms with Gasteiger partial charge in [0.1, 0.15) is 0 Å². The number of rotatable bonds is 4. The third-order valence-electron chi connectivity index (χ3n) is 2.94. The molecule has 5 nitrogen and oxygen atoms in total. The Morgan fingerprint density at radius 2 is 1.94 bits per heavy atom. The Labute approximate surface area is 98.9 Å². The molecule has 0 rings (SSSR count). The van der Waals surface area contributed by atoms with Crippen LogP contribution in [0.3, 0.4) is 0 Å². The van der Waals surface area contributed by atoms with Crippen molar-refractivity contribution in [2.75, 3.05) is 20.2 Å². The Bertz CT molecular complexity index is 237. The average molecular weight is 248 g/mol. The van der Waals surface area contributed by atoms with Gasteiger partial charge in [-0.2, -0.15) is 0 Å².